The maximum absolute atomic E-state index is 13.4. The summed E-state index contributed by atoms with van der Waals surface area (Å²) in [5.74, 6) is 1.64. The van der Waals surface area contributed by atoms with Gasteiger partial charge in [-0.15, -0.1) is 12.4 Å². The Balaban J connectivity index is 0.00000588. The van der Waals surface area contributed by atoms with E-state index in [0.29, 0.717) is 49.9 Å². The number of hydrazine groups is 1. The molecule has 0 radical (unpaired) electrons. The lowest BCUT2D eigenvalue weighted by Crippen LogP contribution is -2.42. The minimum Gasteiger partial charge on any atom is -0.494 e. The van der Waals surface area contributed by atoms with Crippen LogP contribution in [0.4, 0.5) is 0 Å². The van der Waals surface area contributed by atoms with E-state index in [1.165, 1.54) is 5.56 Å². The van der Waals surface area contributed by atoms with Crippen LogP contribution in [-0.2, 0) is 9.53 Å². The maximum atomic E-state index is 13.4. The van der Waals surface area contributed by atoms with Crippen LogP contribution >= 0.6 is 12.4 Å². The van der Waals surface area contributed by atoms with Gasteiger partial charge in [0, 0.05) is 24.6 Å². The topological polar surface area (TPSA) is 118 Å². The van der Waals surface area contributed by atoms with Gasteiger partial charge in [-0.3, -0.25) is 9.59 Å². The molecule has 228 valence electrons. The van der Waals surface area contributed by atoms with Gasteiger partial charge in [-0.1, -0.05) is 12.1 Å². The summed E-state index contributed by atoms with van der Waals surface area (Å²) in [5, 5.41) is 0. The first-order valence-corrected chi connectivity index (χ1v) is 14.4. The molecule has 0 bridgehead atoms. The maximum Gasteiger partial charge on any atom is 0.305 e. The van der Waals surface area contributed by atoms with Crippen LogP contribution in [0.1, 0.15) is 88.8 Å². The molecule has 10 heteroatoms. The van der Waals surface area contributed by atoms with Crippen LogP contribution in [0.15, 0.2) is 42.5 Å². The van der Waals surface area contributed by atoms with E-state index in [2.05, 4.69) is 23.0 Å². The van der Waals surface area contributed by atoms with Crippen molar-refractivity contribution in [3.05, 3.63) is 53.6 Å². The van der Waals surface area contributed by atoms with Gasteiger partial charge in [0.2, 0.25) is 0 Å². The van der Waals surface area contributed by atoms with Gasteiger partial charge in [0.25, 0.3) is 5.91 Å². The van der Waals surface area contributed by atoms with Crippen molar-refractivity contribution in [3.8, 4) is 17.2 Å². The van der Waals surface area contributed by atoms with Crippen molar-refractivity contribution in [1.82, 2.24) is 15.8 Å². The summed E-state index contributed by atoms with van der Waals surface area (Å²) in [4.78, 5) is 26.9. The third-order valence-electron chi connectivity index (χ3n) is 6.45. The van der Waals surface area contributed by atoms with Gasteiger partial charge in [0.15, 0.2) is 0 Å². The van der Waals surface area contributed by atoms with Crippen molar-refractivity contribution in [2.24, 2.45) is 0 Å². The molecule has 0 aliphatic carbocycles. The Morgan fingerprint density at radius 1 is 0.805 bits per heavy atom. The van der Waals surface area contributed by atoms with E-state index in [-0.39, 0.29) is 49.0 Å². The molecule has 1 aliphatic heterocycles. The molecule has 1 heterocycles. The molecule has 3 rings (SSSR count). The Morgan fingerprint density at radius 3 is 1.98 bits per heavy atom. The fourth-order valence-electron chi connectivity index (χ4n) is 4.45. The van der Waals surface area contributed by atoms with Gasteiger partial charge in [0.1, 0.15) is 23.4 Å². The highest BCUT2D eigenvalue weighted by atomic mass is 35.5. The molecule has 1 amide bonds. The number of nitrogens with zero attached hydrogens (tertiary/aromatic N) is 1. The number of amides is 1. The highest BCUT2D eigenvalue weighted by molar-refractivity contribution is 5.97. The summed E-state index contributed by atoms with van der Waals surface area (Å²) >= 11 is 0. The summed E-state index contributed by atoms with van der Waals surface area (Å²) in [5.41, 5.74) is 7.79. The van der Waals surface area contributed by atoms with Gasteiger partial charge >= 0.3 is 5.97 Å². The summed E-state index contributed by atoms with van der Waals surface area (Å²) < 4.78 is 22.8. The molecule has 41 heavy (non-hydrogen) atoms. The average molecular weight is 592 g/mol. The summed E-state index contributed by atoms with van der Waals surface area (Å²) in [6, 6.07) is 13.5. The Bertz CT molecular complexity index is 1070. The number of esters is 1. The highest BCUT2D eigenvalue weighted by Crippen LogP contribution is 2.28. The number of halogens is 1. The number of nitrogens with one attached hydrogen (secondary N) is 2. The standard InChI is InChI=1S/C31H45N3O6.ClH/c1-6-37-29(35)11-10-20-40-28-21-26(16-17-27(28)31(36)34(22(2)3)23(4)5)39-19-9-7-8-18-38-25-14-12-24(13-15-25)30-32-33-30;/h12-17,21-23,30,32-33H,6-11,18-20H2,1-5H3;1H. The van der Waals surface area contributed by atoms with E-state index >= 15 is 0 Å². The predicted octanol–water partition coefficient (Wildman–Crippen LogP) is 5.82. The number of carbonyl (C=O) groups is 2. The van der Waals surface area contributed by atoms with E-state index in [1.54, 1.807) is 19.1 Å². The summed E-state index contributed by atoms with van der Waals surface area (Å²) in [6.45, 7) is 11.6. The van der Waals surface area contributed by atoms with Crippen molar-refractivity contribution >= 4 is 24.3 Å². The van der Waals surface area contributed by atoms with E-state index in [0.717, 1.165) is 25.0 Å². The molecular weight excluding hydrogens is 546 g/mol. The normalized spacial score (nSPS) is 12.6. The Labute approximate surface area is 250 Å². The molecule has 1 aliphatic rings. The predicted molar refractivity (Wildman–Crippen MR) is 162 cm³/mol. The number of ether oxygens (including phenoxy) is 4. The van der Waals surface area contributed by atoms with Crippen LogP contribution in [0, 0.1) is 0 Å². The van der Waals surface area contributed by atoms with E-state index in [1.807, 2.05) is 50.8 Å². The van der Waals surface area contributed by atoms with E-state index in [9.17, 15) is 9.59 Å². The van der Waals surface area contributed by atoms with Gasteiger partial charge in [-0.25, -0.2) is 10.9 Å². The molecule has 1 fully saturated rings. The number of hydrogen-bond acceptors (Lipinski definition) is 8. The zero-order chi connectivity index (χ0) is 28.9. The molecule has 0 spiro atoms. The van der Waals surface area contributed by atoms with Crippen molar-refractivity contribution in [3.63, 3.8) is 0 Å². The van der Waals surface area contributed by atoms with Crippen molar-refractivity contribution < 1.29 is 28.5 Å². The monoisotopic (exact) mass is 591 g/mol. The Morgan fingerprint density at radius 2 is 1.39 bits per heavy atom. The third-order valence-corrected chi connectivity index (χ3v) is 6.45. The third kappa shape index (κ3) is 11.4. The number of carbonyl (C=O) groups excluding carboxylic acids is 2. The lowest BCUT2D eigenvalue weighted by molar-refractivity contribution is -0.143. The van der Waals surface area contributed by atoms with Gasteiger partial charge in [-0.05, 0) is 90.1 Å². The SMILES string of the molecule is CCOC(=O)CCCOc1cc(OCCCCCOc2ccc(C3NN3)cc2)ccc1C(=O)N(C(C)C)C(C)C.Cl. The van der Waals surface area contributed by atoms with Gasteiger partial charge in [0.05, 0.1) is 32.0 Å². The first kappa shape index (κ1) is 34.2. The minimum absolute atomic E-state index is 0. The van der Waals surface area contributed by atoms with Crippen LogP contribution in [-0.4, -0.2) is 55.3 Å². The van der Waals surface area contributed by atoms with Crippen LogP contribution in [0.3, 0.4) is 0 Å². The van der Waals surface area contributed by atoms with E-state index in [4.69, 9.17) is 18.9 Å². The number of unbranched alkanes of at least 4 members (excludes halogenated alkanes) is 2. The quantitative estimate of drug-likeness (QED) is 0.126. The Hall–Kier alpha value is -3.01. The molecule has 0 saturated carbocycles. The molecule has 0 unspecified atom stereocenters. The van der Waals surface area contributed by atoms with Gasteiger partial charge in [-0.2, -0.15) is 0 Å². The smallest absolute Gasteiger partial charge is 0.305 e. The van der Waals surface area contributed by atoms with Crippen molar-refractivity contribution in [2.45, 2.75) is 85.0 Å². The van der Waals surface area contributed by atoms with Gasteiger partial charge < -0.3 is 23.8 Å². The second kappa shape index (κ2) is 17.7. The number of benzene rings is 2. The zero-order valence-corrected chi connectivity index (χ0v) is 25.8. The molecular formula is C31H46ClN3O6. The summed E-state index contributed by atoms with van der Waals surface area (Å²) in [6.07, 6.45) is 3.81. The van der Waals surface area contributed by atoms with Crippen LogP contribution in [0.2, 0.25) is 0 Å². The first-order valence-electron chi connectivity index (χ1n) is 14.4. The van der Waals surface area contributed by atoms with Crippen molar-refractivity contribution in [1.29, 1.82) is 0 Å². The first-order chi connectivity index (χ1) is 19.3. The number of rotatable bonds is 18. The second-order valence-corrected chi connectivity index (χ2v) is 10.4. The molecule has 2 N–H and O–H groups in total. The lowest BCUT2D eigenvalue weighted by atomic mass is 10.1. The van der Waals surface area contributed by atoms with Crippen molar-refractivity contribution in [2.75, 3.05) is 26.4 Å². The van der Waals surface area contributed by atoms with Crippen LogP contribution in [0.5, 0.6) is 17.2 Å². The minimum atomic E-state index is -0.253. The van der Waals surface area contributed by atoms with E-state index < -0.39 is 0 Å². The fourth-order valence-corrected chi connectivity index (χ4v) is 4.45. The molecule has 0 aromatic heterocycles. The highest BCUT2D eigenvalue weighted by Gasteiger charge is 2.25. The van der Waals surface area contributed by atoms with Crippen LogP contribution in [0.25, 0.3) is 0 Å². The average Bonchev–Trinajstić information content (AvgIpc) is 3.76. The molecule has 1 saturated heterocycles. The Kier molecular flexibility index (Phi) is 14.8. The molecule has 0 atom stereocenters. The largest absolute Gasteiger partial charge is 0.494 e. The zero-order valence-electron chi connectivity index (χ0n) is 24.9. The molecule has 2 aromatic carbocycles. The second-order valence-electron chi connectivity index (χ2n) is 10.4. The number of hydrogen-bond donors (Lipinski definition) is 2. The summed E-state index contributed by atoms with van der Waals surface area (Å²) in [7, 11) is 0. The van der Waals surface area contributed by atoms with Crippen LogP contribution < -0.4 is 25.1 Å². The lowest BCUT2D eigenvalue weighted by Gasteiger charge is -2.31. The fraction of sp³-hybridized carbons (Fsp3) is 0.548. The molecule has 9 nitrogen and oxygen atoms in total. The molecule has 2 aromatic rings.